The van der Waals surface area contributed by atoms with Gasteiger partial charge in [-0.25, -0.2) is 0 Å². The third-order valence-corrected chi connectivity index (χ3v) is 4.99. The number of carbonyl (C=O) groups excluding carboxylic acids is 2. The quantitative estimate of drug-likeness (QED) is 0.772. The fourth-order valence-electron chi connectivity index (χ4n) is 3.25. The van der Waals surface area contributed by atoms with Crippen molar-refractivity contribution in [1.29, 1.82) is 0 Å². The van der Waals surface area contributed by atoms with Crippen molar-refractivity contribution in [2.45, 2.75) is 58.9 Å². The highest BCUT2D eigenvalue weighted by molar-refractivity contribution is 5.80. The molecule has 0 unspecified atom stereocenters. The monoisotopic (exact) mass is 346 g/mol. The molecule has 1 aromatic carbocycles. The van der Waals surface area contributed by atoms with Crippen molar-refractivity contribution in [1.82, 2.24) is 4.90 Å². The van der Waals surface area contributed by atoms with Crippen LogP contribution in [-0.4, -0.2) is 35.9 Å². The maximum absolute atomic E-state index is 12.4. The Morgan fingerprint density at radius 2 is 2.00 bits per heavy atom. The normalized spacial score (nSPS) is 20.4. The number of nitrogens with zero attached hydrogens (tertiary/aromatic N) is 1. The van der Waals surface area contributed by atoms with Crippen LogP contribution in [0.4, 0.5) is 0 Å². The number of amides is 2. The first-order valence-electron chi connectivity index (χ1n) is 9.17. The third kappa shape index (κ3) is 5.48. The molecule has 1 fully saturated rings. The Morgan fingerprint density at radius 3 is 2.72 bits per heavy atom. The van der Waals surface area contributed by atoms with E-state index in [1.54, 1.807) is 0 Å². The van der Waals surface area contributed by atoms with E-state index in [-0.39, 0.29) is 23.8 Å². The van der Waals surface area contributed by atoms with E-state index < -0.39 is 0 Å². The van der Waals surface area contributed by atoms with Gasteiger partial charge < -0.3 is 15.4 Å². The zero-order chi connectivity index (χ0) is 18.4. The average molecular weight is 346 g/mol. The highest BCUT2D eigenvalue weighted by Crippen LogP contribution is 2.23. The molecule has 2 amide bonds. The summed E-state index contributed by atoms with van der Waals surface area (Å²) in [5.41, 5.74) is 7.71. The summed E-state index contributed by atoms with van der Waals surface area (Å²) in [6.45, 7) is 7.19. The van der Waals surface area contributed by atoms with Crippen molar-refractivity contribution in [2.75, 3.05) is 13.2 Å². The Labute approximate surface area is 150 Å². The second-order valence-electron chi connectivity index (χ2n) is 7.15. The van der Waals surface area contributed by atoms with E-state index in [0.29, 0.717) is 19.6 Å². The van der Waals surface area contributed by atoms with E-state index in [0.717, 1.165) is 37.0 Å². The molecule has 0 radical (unpaired) electrons. The van der Waals surface area contributed by atoms with E-state index >= 15 is 0 Å². The lowest BCUT2D eigenvalue weighted by molar-refractivity contribution is -0.137. The minimum absolute atomic E-state index is 0.116. The van der Waals surface area contributed by atoms with Crippen molar-refractivity contribution < 1.29 is 14.3 Å². The van der Waals surface area contributed by atoms with E-state index in [4.69, 9.17) is 10.5 Å². The van der Waals surface area contributed by atoms with Gasteiger partial charge in [-0.1, -0.05) is 12.1 Å². The Bertz CT molecular complexity index is 615. The summed E-state index contributed by atoms with van der Waals surface area (Å²) in [7, 11) is 0. The molecule has 1 saturated heterocycles. The lowest BCUT2D eigenvalue weighted by Crippen LogP contribution is -2.48. The van der Waals surface area contributed by atoms with Crippen molar-refractivity contribution >= 4 is 11.8 Å². The summed E-state index contributed by atoms with van der Waals surface area (Å²) in [5, 5.41) is 0. The van der Waals surface area contributed by atoms with Crippen molar-refractivity contribution in [3.05, 3.63) is 29.3 Å². The van der Waals surface area contributed by atoms with Crippen LogP contribution in [-0.2, 0) is 9.59 Å². The highest BCUT2D eigenvalue weighted by Gasteiger charge is 2.31. The molecule has 0 aromatic heterocycles. The number of benzene rings is 1. The summed E-state index contributed by atoms with van der Waals surface area (Å²) < 4.78 is 5.83. The van der Waals surface area contributed by atoms with Gasteiger partial charge in [0.2, 0.25) is 11.8 Å². The van der Waals surface area contributed by atoms with Crippen LogP contribution in [0.1, 0.15) is 50.2 Å². The Morgan fingerprint density at radius 1 is 1.24 bits per heavy atom. The number of piperidine rings is 1. The zero-order valence-corrected chi connectivity index (χ0v) is 15.6. The summed E-state index contributed by atoms with van der Waals surface area (Å²) in [6.07, 6.45) is 3.74. The molecule has 138 valence electrons. The maximum atomic E-state index is 12.4. The van der Waals surface area contributed by atoms with Gasteiger partial charge in [-0.15, -0.1) is 0 Å². The number of aryl methyl sites for hydroxylation is 2. The van der Waals surface area contributed by atoms with Gasteiger partial charge in [-0.05, 0) is 63.6 Å². The van der Waals surface area contributed by atoms with Crippen LogP contribution in [0, 0.1) is 19.8 Å². The smallest absolute Gasteiger partial charge is 0.222 e. The van der Waals surface area contributed by atoms with Gasteiger partial charge >= 0.3 is 0 Å². The molecular weight excluding hydrogens is 316 g/mol. The predicted molar refractivity (Wildman–Crippen MR) is 98.4 cm³/mol. The van der Waals surface area contributed by atoms with E-state index in [1.165, 1.54) is 5.56 Å². The molecule has 25 heavy (non-hydrogen) atoms. The van der Waals surface area contributed by atoms with Crippen LogP contribution in [0.25, 0.3) is 0 Å². The molecule has 0 aliphatic carbocycles. The molecule has 5 nitrogen and oxygen atoms in total. The van der Waals surface area contributed by atoms with Crippen LogP contribution in [0.3, 0.4) is 0 Å². The van der Waals surface area contributed by atoms with Crippen molar-refractivity contribution in [3.63, 3.8) is 0 Å². The molecule has 5 heteroatoms. The van der Waals surface area contributed by atoms with Gasteiger partial charge in [-0.3, -0.25) is 9.59 Å². The maximum Gasteiger partial charge on any atom is 0.222 e. The molecule has 0 bridgehead atoms. The Kier molecular flexibility index (Phi) is 6.85. The van der Waals surface area contributed by atoms with Crippen LogP contribution >= 0.6 is 0 Å². The molecule has 2 N–H and O–H groups in total. The number of ether oxygens (including phenoxy) is 1. The fourth-order valence-corrected chi connectivity index (χ4v) is 3.25. The summed E-state index contributed by atoms with van der Waals surface area (Å²) in [5.74, 6) is 0.532. The van der Waals surface area contributed by atoms with Gasteiger partial charge in [0.05, 0.1) is 12.5 Å². The molecule has 1 heterocycles. The van der Waals surface area contributed by atoms with Crippen LogP contribution in [0.15, 0.2) is 18.2 Å². The molecule has 2 atom stereocenters. The summed E-state index contributed by atoms with van der Waals surface area (Å²) in [6, 6.07) is 6.36. The van der Waals surface area contributed by atoms with E-state index in [2.05, 4.69) is 12.1 Å². The molecule has 0 spiro atoms. The number of carbonyl (C=O) groups is 2. The fraction of sp³-hybridized carbons (Fsp3) is 0.600. The first kappa shape index (κ1) is 19.3. The lowest BCUT2D eigenvalue weighted by atomic mass is 9.92. The van der Waals surface area contributed by atoms with E-state index in [1.807, 2.05) is 31.7 Å². The first-order chi connectivity index (χ1) is 11.9. The molecule has 1 aliphatic rings. The van der Waals surface area contributed by atoms with Crippen LogP contribution in [0.2, 0.25) is 0 Å². The van der Waals surface area contributed by atoms with Crippen molar-refractivity contribution in [2.24, 2.45) is 11.7 Å². The molecule has 1 aromatic rings. The molecule has 2 rings (SSSR count). The number of rotatable bonds is 7. The number of nitrogens with two attached hydrogens (primary N) is 1. The van der Waals surface area contributed by atoms with E-state index in [9.17, 15) is 9.59 Å². The molecular formula is C20H30N2O3. The number of unbranched alkanes of at least 4 members (excludes halogenated alkanes) is 1. The number of primary amides is 1. The van der Waals surface area contributed by atoms with Gasteiger partial charge in [-0.2, -0.15) is 0 Å². The first-order valence-corrected chi connectivity index (χ1v) is 9.17. The number of hydrogen-bond donors (Lipinski definition) is 1. The molecule has 1 aliphatic heterocycles. The lowest BCUT2D eigenvalue weighted by Gasteiger charge is -2.37. The minimum Gasteiger partial charge on any atom is -0.493 e. The Hall–Kier alpha value is -2.04. The van der Waals surface area contributed by atoms with Gasteiger partial charge in [0.25, 0.3) is 0 Å². The Balaban J connectivity index is 1.72. The summed E-state index contributed by atoms with van der Waals surface area (Å²) in [4.78, 5) is 25.6. The number of likely N-dealkylation sites (tertiary alicyclic amines) is 1. The standard InChI is InChI=1S/C20H30N2O3/c1-14-7-8-15(2)18(12-14)25-11-5-4-6-19(23)22-13-17(20(21)24)10-9-16(22)3/h7-8,12,16-17H,4-6,9-11,13H2,1-3H3,(H2,21,24)/t16-,17+/m0/s1. The second-order valence-corrected chi connectivity index (χ2v) is 7.15. The summed E-state index contributed by atoms with van der Waals surface area (Å²) >= 11 is 0. The van der Waals surface area contributed by atoms with Gasteiger partial charge in [0.1, 0.15) is 5.75 Å². The topological polar surface area (TPSA) is 72.6 Å². The average Bonchev–Trinajstić information content (AvgIpc) is 2.57. The second kappa shape index (κ2) is 8.88. The highest BCUT2D eigenvalue weighted by atomic mass is 16.5. The van der Waals surface area contributed by atoms with Gasteiger partial charge in [0, 0.05) is 19.0 Å². The van der Waals surface area contributed by atoms with Crippen LogP contribution in [0.5, 0.6) is 5.75 Å². The minimum atomic E-state index is -0.299. The zero-order valence-electron chi connectivity index (χ0n) is 15.6. The molecule has 0 saturated carbocycles. The van der Waals surface area contributed by atoms with Gasteiger partial charge in [0.15, 0.2) is 0 Å². The SMILES string of the molecule is Cc1ccc(C)c(OCCCCC(=O)N2C[C@H](C(N)=O)CC[C@@H]2C)c1. The predicted octanol–water partition coefficient (Wildman–Crippen LogP) is 2.96. The van der Waals surface area contributed by atoms with Crippen LogP contribution < -0.4 is 10.5 Å². The number of hydrogen-bond acceptors (Lipinski definition) is 3. The largest absolute Gasteiger partial charge is 0.493 e. The van der Waals surface area contributed by atoms with Crippen molar-refractivity contribution in [3.8, 4) is 5.75 Å². The third-order valence-electron chi connectivity index (χ3n) is 4.99.